The van der Waals surface area contributed by atoms with Gasteiger partial charge in [0.1, 0.15) is 5.82 Å². The molecule has 3 rings (SSSR count). The van der Waals surface area contributed by atoms with E-state index in [2.05, 4.69) is 55.2 Å². The quantitative estimate of drug-likeness (QED) is 0.931. The summed E-state index contributed by atoms with van der Waals surface area (Å²) in [5.74, 6) is 2.91. The van der Waals surface area contributed by atoms with Gasteiger partial charge in [0.15, 0.2) is 0 Å². The molecule has 0 bridgehead atoms. The predicted octanol–water partition coefficient (Wildman–Crippen LogP) is 3.53. The topological polar surface area (TPSA) is 29.9 Å². The maximum absolute atomic E-state index is 4.83. The molecule has 1 aromatic carbocycles. The normalized spacial score (nSPS) is 24.3. The molecule has 0 saturated heterocycles. The van der Waals surface area contributed by atoms with Gasteiger partial charge in [0.2, 0.25) is 0 Å². The van der Waals surface area contributed by atoms with Crippen molar-refractivity contribution in [1.82, 2.24) is 14.9 Å². The minimum atomic E-state index is 0.549. The summed E-state index contributed by atoms with van der Waals surface area (Å²) in [6.45, 7) is 2.38. The smallest absolute Gasteiger partial charge is 0.111 e. The molecule has 0 radical (unpaired) electrons. The SMILES string of the molecule is CNC(Cc1nc2ccccc2n1C)C1CCC(C)CC1. The Morgan fingerprint density at radius 1 is 1.24 bits per heavy atom. The number of benzene rings is 1. The largest absolute Gasteiger partial charge is 0.331 e. The molecule has 1 aromatic heterocycles. The Labute approximate surface area is 127 Å². The summed E-state index contributed by atoms with van der Waals surface area (Å²) in [4.78, 5) is 4.83. The lowest BCUT2D eigenvalue weighted by molar-refractivity contribution is 0.233. The average Bonchev–Trinajstić information content (AvgIpc) is 2.83. The number of hydrogen-bond donors (Lipinski definition) is 1. The number of para-hydroxylation sites is 2. The molecule has 1 atom stereocenters. The fourth-order valence-corrected chi connectivity index (χ4v) is 3.77. The van der Waals surface area contributed by atoms with Crippen molar-refractivity contribution in [2.45, 2.75) is 45.1 Å². The first kappa shape index (κ1) is 14.6. The lowest BCUT2D eigenvalue weighted by Gasteiger charge is -2.32. The number of aromatic nitrogens is 2. The molecule has 1 fully saturated rings. The van der Waals surface area contributed by atoms with Crippen molar-refractivity contribution < 1.29 is 0 Å². The van der Waals surface area contributed by atoms with Gasteiger partial charge >= 0.3 is 0 Å². The number of aryl methyl sites for hydroxylation is 1. The third kappa shape index (κ3) is 2.98. The first-order valence-electron chi connectivity index (χ1n) is 8.26. The Morgan fingerprint density at radius 2 is 1.95 bits per heavy atom. The standard InChI is InChI=1S/C18H27N3/c1-13-8-10-14(11-9-13)16(19-2)12-18-20-15-6-4-5-7-17(15)21(18)3/h4-7,13-14,16,19H,8-12H2,1-3H3. The number of rotatable bonds is 4. The van der Waals surface area contributed by atoms with Crippen LogP contribution in [0.15, 0.2) is 24.3 Å². The molecule has 0 spiro atoms. The zero-order valence-corrected chi connectivity index (χ0v) is 13.5. The van der Waals surface area contributed by atoms with Crippen molar-refractivity contribution in [3.63, 3.8) is 0 Å². The Morgan fingerprint density at radius 3 is 2.62 bits per heavy atom. The number of hydrogen-bond acceptors (Lipinski definition) is 2. The zero-order valence-electron chi connectivity index (χ0n) is 13.5. The molecule has 1 heterocycles. The number of nitrogens with zero attached hydrogens (tertiary/aromatic N) is 2. The summed E-state index contributed by atoms with van der Waals surface area (Å²) in [6.07, 6.45) is 6.50. The molecule has 0 amide bonds. The molecular formula is C18H27N3. The van der Waals surface area contributed by atoms with Gasteiger partial charge in [-0.15, -0.1) is 0 Å². The highest BCUT2D eigenvalue weighted by Gasteiger charge is 2.26. The monoisotopic (exact) mass is 285 g/mol. The van der Waals surface area contributed by atoms with Gasteiger partial charge in [-0.05, 0) is 43.9 Å². The van der Waals surface area contributed by atoms with Gasteiger partial charge in [0.25, 0.3) is 0 Å². The van der Waals surface area contributed by atoms with Crippen LogP contribution in [0.4, 0.5) is 0 Å². The number of fused-ring (bicyclic) bond motifs is 1. The molecule has 21 heavy (non-hydrogen) atoms. The number of likely N-dealkylation sites (N-methyl/N-ethyl adjacent to an activating group) is 1. The molecule has 1 aliphatic rings. The summed E-state index contributed by atoms with van der Waals surface area (Å²) < 4.78 is 2.26. The van der Waals surface area contributed by atoms with Crippen molar-refractivity contribution in [2.24, 2.45) is 18.9 Å². The second-order valence-electron chi connectivity index (χ2n) is 6.70. The van der Waals surface area contributed by atoms with Crippen molar-refractivity contribution in [1.29, 1.82) is 0 Å². The summed E-state index contributed by atoms with van der Waals surface area (Å²) in [7, 11) is 4.24. The van der Waals surface area contributed by atoms with E-state index in [-0.39, 0.29) is 0 Å². The molecule has 114 valence electrons. The minimum absolute atomic E-state index is 0.549. The molecular weight excluding hydrogens is 258 g/mol. The van der Waals surface area contributed by atoms with Crippen LogP contribution in [0.2, 0.25) is 0 Å². The van der Waals surface area contributed by atoms with E-state index in [0.717, 1.165) is 23.8 Å². The fourth-order valence-electron chi connectivity index (χ4n) is 3.77. The molecule has 1 N–H and O–H groups in total. The van der Waals surface area contributed by atoms with Crippen molar-refractivity contribution >= 4 is 11.0 Å². The molecule has 0 aliphatic heterocycles. The highest BCUT2D eigenvalue weighted by molar-refractivity contribution is 5.75. The Bertz CT molecular complexity index is 594. The Hall–Kier alpha value is -1.35. The minimum Gasteiger partial charge on any atom is -0.331 e. The van der Waals surface area contributed by atoms with Crippen molar-refractivity contribution in [2.75, 3.05) is 7.05 Å². The first-order chi connectivity index (χ1) is 10.2. The lowest BCUT2D eigenvalue weighted by atomic mass is 9.78. The van der Waals surface area contributed by atoms with E-state index in [1.807, 2.05) is 0 Å². The van der Waals surface area contributed by atoms with Crippen molar-refractivity contribution in [3.8, 4) is 0 Å². The van der Waals surface area contributed by atoms with E-state index in [1.54, 1.807) is 0 Å². The van der Waals surface area contributed by atoms with Crippen LogP contribution in [-0.4, -0.2) is 22.6 Å². The van der Waals surface area contributed by atoms with Crippen LogP contribution in [0.25, 0.3) is 11.0 Å². The Kier molecular flexibility index (Phi) is 4.29. The van der Waals surface area contributed by atoms with Crippen LogP contribution in [0, 0.1) is 11.8 Å². The van der Waals surface area contributed by atoms with E-state index >= 15 is 0 Å². The maximum atomic E-state index is 4.83. The molecule has 2 aromatic rings. The van der Waals surface area contributed by atoms with Gasteiger partial charge in [-0.2, -0.15) is 0 Å². The summed E-state index contributed by atoms with van der Waals surface area (Å²) >= 11 is 0. The van der Waals surface area contributed by atoms with Gasteiger partial charge in [-0.25, -0.2) is 4.98 Å². The third-order valence-electron chi connectivity index (χ3n) is 5.28. The third-order valence-corrected chi connectivity index (χ3v) is 5.28. The van der Waals surface area contributed by atoms with E-state index < -0.39 is 0 Å². The predicted molar refractivity (Wildman–Crippen MR) is 88.4 cm³/mol. The van der Waals surface area contributed by atoms with Gasteiger partial charge in [-0.1, -0.05) is 31.9 Å². The highest BCUT2D eigenvalue weighted by atomic mass is 15.1. The Balaban J connectivity index is 1.77. The second kappa shape index (κ2) is 6.18. The molecule has 3 nitrogen and oxygen atoms in total. The second-order valence-corrected chi connectivity index (χ2v) is 6.70. The van der Waals surface area contributed by atoms with Gasteiger partial charge in [-0.3, -0.25) is 0 Å². The summed E-state index contributed by atoms with van der Waals surface area (Å²) in [6, 6.07) is 8.97. The van der Waals surface area contributed by atoms with E-state index in [0.29, 0.717) is 6.04 Å². The molecule has 3 heteroatoms. The average molecular weight is 285 g/mol. The van der Waals surface area contributed by atoms with E-state index in [9.17, 15) is 0 Å². The van der Waals surface area contributed by atoms with Gasteiger partial charge < -0.3 is 9.88 Å². The number of imidazole rings is 1. The molecule has 1 unspecified atom stereocenters. The number of nitrogens with one attached hydrogen (secondary N) is 1. The lowest BCUT2D eigenvalue weighted by Crippen LogP contribution is -2.38. The van der Waals surface area contributed by atoms with E-state index in [1.165, 1.54) is 37.0 Å². The van der Waals surface area contributed by atoms with Crippen LogP contribution in [0.1, 0.15) is 38.4 Å². The van der Waals surface area contributed by atoms with Crippen LogP contribution in [0.5, 0.6) is 0 Å². The highest BCUT2D eigenvalue weighted by Crippen LogP contribution is 2.31. The van der Waals surface area contributed by atoms with Crippen LogP contribution >= 0.6 is 0 Å². The fraction of sp³-hybridized carbons (Fsp3) is 0.611. The summed E-state index contributed by atoms with van der Waals surface area (Å²) in [5.41, 5.74) is 2.35. The van der Waals surface area contributed by atoms with Gasteiger partial charge in [0.05, 0.1) is 11.0 Å². The molecule has 1 saturated carbocycles. The van der Waals surface area contributed by atoms with Crippen LogP contribution in [0.3, 0.4) is 0 Å². The maximum Gasteiger partial charge on any atom is 0.111 e. The van der Waals surface area contributed by atoms with Gasteiger partial charge in [0, 0.05) is 19.5 Å². The molecule has 1 aliphatic carbocycles. The van der Waals surface area contributed by atoms with E-state index in [4.69, 9.17) is 4.98 Å². The zero-order chi connectivity index (χ0) is 14.8. The van der Waals surface area contributed by atoms with Crippen LogP contribution < -0.4 is 5.32 Å². The summed E-state index contributed by atoms with van der Waals surface area (Å²) in [5, 5.41) is 3.55. The first-order valence-corrected chi connectivity index (χ1v) is 8.26. The van der Waals surface area contributed by atoms with Crippen LogP contribution in [-0.2, 0) is 13.5 Å². The van der Waals surface area contributed by atoms with Crippen molar-refractivity contribution in [3.05, 3.63) is 30.1 Å².